The molecule has 0 radical (unpaired) electrons. The number of nitrogens with one attached hydrogen (secondary N) is 2. The van der Waals surface area contributed by atoms with Gasteiger partial charge in [0.1, 0.15) is 5.82 Å². The molecule has 1 aromatic rings. The van der Waals surface area contributed by atoms with Gasteiger partial charge in [-0.3, -0.25) is 0 Å². The van der Waals surface area contributed by atoms with E-state index in [9.17, 15) is 5.11 Å². The largest absolute Gasteiger partial charge is 0.393 e. The Morgan fingerprint density at radius 3 is 3.00 bits per heavy atom. The van der Waals surface area contributed by atoms with Crippen LogP contribution in [0.1, 0.15) is 50.5 Å². The van der Waals surface area contributed by atoms with Crippen LogP contribution in [0.3, 0.4) is 0 Å². The third kappa shape index (κ3) is 4.20. The Kier molecular flexibility index (Phi) is 5.67. The minimum atomic E-state index is -0.134. The van der Waals surface area contributed by atoms with Crippen molar-refractivity contribution in [1.82, 2.24) is 15.3 Å². The average molecular weight is 286 g/mol. The highest BCUT2D eigenvalue weighted by Crippen LogP contribution is 2.24. The third-order valence-corrected chi connectivity index (χ3v) is 4.18. The highest BCUT2D eigenvalue weighted by Gasteiger charge is 2.24. The van der Waals surface area contributed by atoms with Crippen molar-refractivity contribution in [3.8, 4) is 0 Å². The maximum absolute atomic E-state index is 9.76. The van der Waals surface area contributed by atoms with Crippen LogP contribution in [0.2, 0.25) is 5.15 Å². The van der Waals surface area contributed by atoms with Gasteiger partial charge >= 0.3 is 0 Å². The van der Waals surface area contributed by atoms with E-state index < -0.39 is 0 Å². The zero-order valence-electron chi connectivity index (χ0n) is 11.6. The second-order valence-corrected chi connectivity index (χ2v) is 5.80. The van der Waals surface area contributed by atoms with E-state index in [0.717, 1.165) is 56.6 Å². The van der Waals surface area contributed by atoms with E-state index >= 15 is 0 Å². The number of aromatic nitrogens is 2. The van der Waals surface area contributed by atoms with Crippen LogP contribution < -0.4 is 5.32 Å². The summed E-state index contributed by atoms with van der Waals surface area (Å²) < 4.78 is 0. The molecule has 0 aliphatic heterocycles. The molecule has 0 amide bonds. The Morgan fingerprint density at radius 2 is 2.32 bits per heavy atom. The molecule has 1 fully saturated rings. The molecule has 1 saturated carbocycles. The second kappa shape index (κ2) is 7.27. The first-order valence-electron chi connectivity index (χ1n) is 7.32. The number of unbranched alkanes of at least 4 members (excludes halogenated alkanes) is 1. The molecule has 0 saturated heterocycles. The summed E-state index contributed by atoms with van der Waals surface area (Å²) in [5, 5.41) is 13.7. The van der Waals surface area contributed by atoms with Gasteiger partial charge in [0.2, 0.25) is 0 Å². The Bertz CT molecular complexity index is 394. The zero-order valence-corrected chi connectivity index (χ0v) is 12.3. The van der Waals surface area contributed by atoms with Crippen molar-refractivity contribution in [3.63, 3.8) is 0 Å². The van der Waals surface area contributed by atoms with Crippen molar-refractivity contribution in [2.45, 2.75) is 58.1 Å². The smallest absolute Gasteiger partial charge is 0.151 e. The summed E-state index contributed by atoms with van der Waals surface area (Å²) in [6.45, 7) is 3.71. The lowest BCUT2D eigenvalue weighted by Gasteiger charge is -2.14. The fourth-order valence-electron chi connectivity index (χ4n) is 2.66. The first-order valence-corrected chi connectivity index (χ1v) is 7.70. The van der Waals surface area contributed by atoms with Gasteiger partial charge in [-0.2, -0.15) is 0 Å². The van der Waals surface area contributed by atoms with Gasteiger partial charge < -0.3 is 15.4 Å². The number of imidazole rings is 1. The standard InChI is InChI=1S/C14H24ClN3O/c1-2-3-7-13-17-11(14(15)18-13)9-16-8-10-5-4-6-12(10)19/h10,12,16,19H,2-9H2,1H3,(H,17,18). The fourth-order valence-corrected chi connectivity index (χ4v) is 2.87. The zero-order chi connectivity index (χ0) is 13.7. The number of aryl methyl sites for hydroxylation is 1. The van der Waals surface area contributed by atoms with E-state index in [1.54, 1.807) is 0 Å². The Balaban J connectivity index is 1.77. The van der Waals surface area contributed by atoms with Gasteiger partial charge in [0.05, 0.1) is 11.8 Å². The Labute approximate surface area is 120 Å². The number of hydrogen-bond donors (Lipinski definition) is 3. The summed E-state index contributed by atoms with van der Waals surface area (Å²) in [6.07, 6.45) is 6.31. The summed E-state index contributed by atoms with van der Waals surface area (Å²) in [6, 6.07) is 0. The van der Waals surface area contributed by atoms with Crippen LogP contribution >= 0.6 is 11.6 Å². The minimum Gasteiger partial charge on any atom is -0.393 e. The van der Waals surface area contributed by atoms with Crippen molar-refractivity contribution in [2.75, 3.05) is 6.54 Å². The summed E-state index contributed by atoms with van der Waals surface area (Å²) in [7, 11) is 0. The summed E-state index contributed by atoms with van der Waals surface area (Å²) in [5.41, 5.74) is 0.959. The molecule has 2 atom stereocenters. The summed E-state index contributed by atoms with van der Waals surface area (Å²) >= 11 is 6.12. The summed E-state index contributed by atoms with van der Waals surface area (Å²) in [5.74, 6) is 1.37. The van der Waals surface area contributed by atoms with Gasteiger partial charge in [0.15, 0.2) is 5.15 Å². The van der Waals surface area contributed by atoms with Crippen LogP contribution in [-0.2, 0) is 13.0 Å². The number of H-pyrrole nitrogens is 1. The van der Waals surface area contributed by atoms with E-state index in [-0.39, 0.29) is 6.10 Å². The van der Waals surface area contributed by atoms with Gasteiger partial charge in [-0.1, -0.05) is 31.4 Å². The lowest BCUT2D eigenvalue weighted by Crippen LogP contribution is -2.27. The molecule has 3 N–H and O–H groups in total. The molecule has 108 valence electrons. The van der Waals surface area contributed by atoms with Crippen molar-refractivity contribution >= 4 is 11.6 Å². The number of aliphatic hydroxyl groups excluding tert-OH is 1. The van der Waals surface area contributed by atoms with Gasteiger partial charge in [0, 0.05) is 19.5 Å². The number of hydrogen-bond acceptors (Lipinski definition) is 3. The lowest BCUT2D eigenvalue weighted by atomic mass is 10.1. The predicted molar refractivity (Wildman–Crippen MR) is 77.3 cm³/mol. The lowest BCUT2D eigenvalue weighted by molar-refractivity contribution is 0.131. The molecule has 1 aliphatic carbocycles. The van der Waals surface area contributed by atoms with Crippen LogP contribution in [-0.4, -0.2) is 27.7 Å². The SMILES string of the molecule is CCCCc1nc(Cl)c(CNCC2CCCC2O)[nH]1. The number of rotatable bonds is 7. The third-order valence-electron chi connectivity index (χ3n) is 3.87. The number of halogens is 1. The molecule has 2 rings (SSSR count). The van der Waals surface area contributed by atoms with Crippen LogP contribution in [0.4, 0.5) is 0 Å². The van der Waals surface area contributed by atoms with Crippen LogP contribution in [0.5, 0.6) is 0 Å². The molecule has 0 spiro atoms. The molecule has 1 aromatic heterocycles. The molecule has 1 aliphatic rings. The van der Waals surface area contributed by atoms with Crippen molar-refractivity contribution in [3.05, 3.63) is 16.7 Å². The van der Waals surface area contributed by atoms with Gasteiger partial charge in [0.25, 0.3) is 0 Å². The molecule has 0 aromatic carbocycles. The highest BCUT2D eigenvalue weighted by molar-refractivity contribution is 6.30. The maximum atomic E-state index is 9.76. The molecule has 19 heavy (non-hydrogen) atoms. The molecule has 5 heteroatoms. The molecule has 2 unspecified atom stereocenters. The predicted octanol–water partition coefficient (Wildman–Crippen LogP) is 2.66. The Hall–Kier alpha value is -0.580. The topological polar surface area (TPSA) is 60.9 Å². The highest BCUT2D eigenvalue weighted by atomic mass is 35.5. The van der Waals surface area contributed by atoms with E-state index in [2.05, 4.69) is 22.2 Å². The molecular weight excluding hydrogens is 262 g/mol. The van der Waals surface area contributed by atoms with Crippen LogP contribution in [0, 0.1) is 5.92 Å². The minimum absolute atomic E-state index is 0.134. The first-order chi connectivity index (χ1) is 9.20. The van der Waals surface area contributed by atoms with Gasteiger partial charge in [-0.15, -0.1) is 0 Å². The van der Waals surface area contributed by atoms with Crippen LogP contribution in [0.25, 0.3) is 0 Å². The quantitative estimate of drug-likeness (QED) is 0.722. The number of nitrogens with zero attached hydrogens (tertiary/aromatic N) is 1. The molecule has 4 nitrogen and oxygen atoms in total. The van der Waals surface area contributed by atoms with Crippen molar-refractivity contribution in [2.24, 2.45) is 5.92 Å². The van der Waals surface area contributed by atoms with E-state index in [4.69, 9.17) is 11.6 Å². The average Bonchev–Trinajstić information content (AvgIpc) is 2.95. The van der Waals surface area contributed by atoms with Gasteiger partial charge in [-0.05, 0) is 25.2 Å². The summed E-state index contributed by atoms with van der Waals surface area (Å²) in [4.78, 5) is 7.62. The fraction of sp³-hybridized carbons (Fsp3) is 0.786. The second-order valence-electron chi connectivity index (χ2n) is 5.45. The molecule has 1 heterocycles. The monoisotopic (exact) mass is 285 g/mol. The first kappa shape index (κ1) is 14.8. The molecule has 0 bridgehead atoms. The number of aromatic amines is 1. The van der Waals surface area contributed by atoms with E-state index in [0.29, 0.717) is 17.6 Å². The van der Waals surface area contributed by atoms with Crippen LogP contribution in [0.15, 0.2) is 0 Å². The van der Waals surface area contributed by atoms with Gasteiger partial charge in [-0.25, -0.2) is 4.98 Å². The van der Waals surface area contributed by atoms with Crippen molar-refractivity contribution < 1.29 is 5.11 Å². The Morgan fingerprint density at radius 1 is 1.47 bits per heavy atom. The number of aliphatic hydroxyl groups is 1. The molecular formula is C14H24ClN3O. The maximum Gasteiger partial charge on any atom is 0.151 e. The van der Waals surface area contributed by atoms with E-state index in [1.165, 1.54) is 0 Å². The van der Waals surface area contributed by atoms with Crippen molar-refractivity contribution in [1.29, 1.82) is 0 Å². The normalized spacial score (nSPS) is 23.1. The van der Waals surface area contributed by atoms with E-state index in [1.807, 2.05) is 0 Å².